The number of aromatic amines is 1. The van der Waals surface area contributed by atoms with Crippen molar-refractivity contribution in [1.29, 1.82) is 0 Å². The molecule has 1 aliphatic carbocycles. The number of fused-ring (bicyclic) bond motifs is 1. The number of hydrogen-bond acceptors (Lipinski definition) is 4. The van der Waals surface area contributed by atoms with Crippen LogP contribution in [-0.4, -0.2) is 42.8 Å². The molecular formula is C25H36N4OSi. The second kappa shape index (κ2) is 9.53. The number of nitrogens with one attached hydrogen (secondary N) is 2. The fourth-order valence-electron chi connectivity index (χ4n) is 5.50. The van der Waals surface area contributed by atoms with E-state index < -0.39 is 8.07 Å². The molecule has 0 aliphatic heterocycles. The molecule has 3 aromatic rings. The smallest absolute Gasteiger partial charge is 0.143 e. The van der Waals surface area contributed by atoms with Gasteiger partial charge in [-0.25, -0.2) is 9.97 Å². The summed E-state index contributed by atoms with van der Waals surface area (Å²) in [5, 5.41) is 6.26. The maximum absolute atomic E-state index is 5.71. The lowest BCUT2D eigenvalue weighted by Gasteiger charge is -2.28. The minimum absolute atomic E-state index is 0.348. The van der Waals surface area contributed by atoms with Crippen LogP contribution in [0.2, 0.25) is 18.1 Å². The zero-order valence-corrected chi connectivity index (χ0v) is 20.4. The van der Waals surface area contributed by atoms with Crippen molar-refractivity contribution in [2.24, 2.45) is 5.92 Å². The molecule has 0 bridgehead atoms. The van der Waals surface area contributed by atoms with E-state index in [-0.39, 0.29) is 0 Å². The average Bonchev–Trinajstić information content (AvgIpc) is 3.45. The predicted octanol–water partition coefficient (Wildman–Crippen LogP) is 5.57. The molecule has 6 heteroatoms. The number of benzene rings is 1. The number of hydrogen-bond donors (Lipinski definition) is 2. The summed E-state index contributed by atoms with van der Waals surface area (Å²) in [5.41, 5.74) is 3.52. The van der Waals surface area contributed by atoms with Gasteiger partial charge in [0.25, 0.3) is 0 Å². The predicted molar refractivity (Wildman–Crippen MR) is 133 cm³/mol. The lowest BCUT2D eigenvalue weighted by atomic mass is 10.0. The van der Waals surface area contributed by atoms with Gasteiger partial charge in [-0.05, 0) is 18.4 Å². The van der Waals surface area contributed by atoms with E-state index in [4.69, 9.17) is 9.72 Å². The molecule has 0 spiro atoms. The number of methoxy groups -OCH3 is 1. The third kappa shape index (κ3) is 4.03. The first-order valence-electron chi connectivity index (χ1n) is 11.9. The third-order valence-corrected chi connectivity index (χ3v) is 13.1. The zero-order valence-electron chi connectivity index (χ0n) is 19.4. The van der Waals surface area contributed by atoms with Crippen molar-refractivity contribution in [1.82, 2.24) is 15.0 Å². The van der Waals surface area contributed by atoms with Gasteiger partial charge >= 0.3 is 0 Å². The highest BCUT2D eigenvalue weighted by Crippen LogP contribution is 2.35. The van der Waals surface area contributed by atoms with Crippen LogP contribution in [0.3, 0.4) is 0 Å². The van der Waals surface area contributed by atoms with Crippen molar-refractivity contribution < 1.29 is 4.74 Å². The Morgan fingerprint density at radius 3 is 2.48 bits per heavy atom. The van der Waals surface area contributed by atoms with Crippen molar-refractivity contribution in [3.8, 4) is 11.1 Å². The highest BCUT2D eigenvalue weighted by atomic mass is 28.3. The molecule has 31 heavy (non-hydrogen) atoms. The molecule has 2 atom stereocenters. The van der Waals surface area contributed by atoms with Crippen LogP contribution in [0, 0.1) is 5.92 Å². The maximum atomic E-state index is 5.71. The molecule has 2 N–H and O–H groups in total. The van der Waals surface area contributed by atoms with Crippen LogP contribution < -0.4 is 10.6 Å². The summed E-state index contributed by atoms with van der Waals surface area (Å²) in [7, 11) is 0.172. The Balaban J connectivity index is 1.84. The second-order valence-corrected chi connectivity index (χ2v) is 14.1. The first-order valence-corrected chi connectivity index (χ1v) is 14.5. The highest BCUT2D eigenvalue weighted by Gasteiger charge is 2.35. The summed E-state index contributed by atoms with van der Waals surface area (Å²) in [5.74, 6) is 1.48. The molecule has 0 saturated heterocycles. The van der Waals surface area contributed by atoms with Gasteiger partial charge in [0, 0.05) is 30.5 Å². The SMILES string of the molecule is CC[Si](CC)(CC)c1[nH]c2ncnc(NC[C@@H]3CCC[C@H]3OC)c2c1-c1ccccc1. The minimum Gasteiger partial charge on any atom is -0.381 e. The van der Waals surface area contributed by atoms with Gasteiger partial charge in [-0.3, -0.25) is 0 Å². The molecule has 1 aliphatic rings. The molecule has 1 fully saturated rings. The van der Waals surface area contributed by atoms with E-state index >= 15 is 0 Å². The van der Waals surface area contributed by atoms with Gasteiger partial charge < -0.3 is 15.0 Å². The van der Waals surface area contributed by atoms with Gasteiger partial charge in [-0.15, -0.1) is 0 Å². The van der Waals surface area contributed by atoms with E-state index in [2.05, 4.69) is 66.4 Å². The number of anilines is 1. The highest BCUT2D eigenvalue weighted by molar-refractivity contribution is 6.92. The lowest BCUT2D eigenvalue weighted by molar-refractivity contribution is 0.0755. The molecule has 2 aromatic heterocycles. The molecule has 0 amide bonds. The Morgan fingerprint density at radius 2 is 1.81 bits per heavy atom. The number of ether oxygens (including phenoxy) is 1. The van der Waals surface area contributed by atoms with Crippen molar-refractivity contribution in [2.45, 2.75) is 64.3 Å². The fraction of sp³-hybridized carbons (Fsp3) is 0.520. The standard InChI is InChI=1S/C25H36N4OSi/c1-5-31(6-2,7-3)25-21(18-12-9-8-10-13-18)22-23(27-17-28-24(22)29-25)26-16-19-14-11-15-20(19)30-4/h8-10,12-13,17,19-20H,5-7,11,14-16H2,1-4H3,(H2,26,27,28,29)/t19-,20+/m0/s1. The van der Waals surface area contributed by atoms with Gasteiger partial charge in [0.1, 0.15) is 25.9 Å². The Hall–Kier alpha value is -2.18. The summed E-state index contributed by atoms with van der Waals surface area (Å²) >= 11 is 0. The zero-order chi connectivity index (χ0) is 21.8. The van der Waals surface area contributed by atoms with E-state index in [1.165, 1.54) is 47.4 Å². The van der Waals surface area contributed by atoms with Crippen molar-refractivity contribution in [2.75, 3.05) is 19.0 Å². The lowest BCUT2D eigenvalue weighted by Crippen LogP contribution is -2.47. The molecule has 0 unspecified atom stereocenters. The molecular weight excluding hydrogens is 400 g/mol. The minimum atomic E-state index is -1.66. The van der Waals surface area contributed by atoms with Gasteiger partial charge in [0.15, 0.2) is 0 Å². The quantitative estimate of drug-likeness (QED) is 0.431. The number of nitrogens with zero attached hydrogens (tertiary/aromatic N) is 2. The molecule has 5 nitrogen and oxygen atoms in total. The topological polar surface area (TPSA) is 62.8 Å². The summed E-state index contributed by atoms with van der Waals surface area (Å²) in [6.07, 6.45) is 5.64. The van der Waals surface area contributed by atoms with Crippen LogP contribution in [0.15, 0.2) is 36.7 Å². The summed E-state index contributed by atoms with van der Waals surface area (Å²) < 4.78 is 5.71. The van der Waals surface area contributed by atoms with E-state index in [1.807, 2.05) is 7.11 Å². The molecule has 166 valence electrons. The van der Waals surface area contributed by atoms with Crippen LogP contribution >= 0.6 is 0 Å². The summed E-state index contributed by atoms with van der Waals surface area (Å²) in [6, 6.07) is 14.5. The largest absolute Gasteiger partial charge is 0.381 e. The van der Waals surface area contributed by atoms with Crippen LogP contribution in [0.25, 0.3) is 22.2 Å². The first kappa shape index (κ1) is 22.0. The number of H-pyrrole nitrogens is 1. The number of aromatic nitrogens is 3. The monoisotopic (exact) mass is 436 g/mol. The van der Waals surface area contributed by atoms with Crippen molar-refractivity contribution in [3.05, 3.63) is 36.7 Å². The van der Waals surface area contributed by atoms with E-state index in [1.54, 1.807) is 6.33 Å². The van der Waals surface area contributed by atoms with Crippen molar-refractivity contribution in [3.63, 3.8) is 0 Å². The normalized spacial score (nSPS) is 19.2. The maximum Gasteiger partial charge on any atom is 0.143 e. The molecule has 2 heterocycles. The Bertz CT molecular complexity index is 991. The van der Waals surface area contributed by atoms with Gasteiger partial charge in [0.2, 0.25) is 0 Å². The Labute approximate surface area is 187 Å². The molecule has 1 saturated carbocycles. The molecule has 1 aromatic carbocycles. The van der Waals surface area contributed by atoms with E-state index in [0.717, 1.165) is 29.8 Å². The third-order valence-electron chi connectivity index (χ3n) is 7.64. The van der Waals surface area contributed by atoms with Crippen LogP contribution in [0.4, 0.5) is 5.82 Å². The molecule has 4 rings (SSSR count). The molecule has 0 radical (unpaired) electrons. The van der Waals surface area contributed by atoms with Crippen LogP contribution in [0.1, 0.15) is 40.0 Å². The number of rotatable bonds is 9. The Kier molecular flexibility index (Phi) is 6.77. The van der Waals surface area contributed by atoms with Gasteiger partial charge in [0.05, 0.1) is 11.5 Å². The van der Waals surface area contributed by atoms with Gasteiger partial charge in [-0.2, -0.15) is 0 Å². The van der Waals surface area contributed by atoms with Crippen LogP contribution in [0.5, 0.6) is 0 Å². The fourth-order valence-corrected chi connectivity index (χ4v) is 9.25. The average molecular weight is 437 g/mol. The summed E-state index contributed by atoms with van der Waals surface area (Å²) in [6.45, 7) is 7.96. The van der Waals surface area contributed by atoms with E-state index in [0.29, 0.717) is 12.0 Å². The summed E-state index contributed by atoms with van der Waals surface area (Å²) in [4.78, 5) is 13.2. The van der Waals surface area contributed by atoms with E-state index in [9.17, 15) is 0 Å². The van der Waals surface area contributed by atoms with Crippen LogP contribution in [-0.2, 0) is 4.74 Å². The van der Waals surface area contributed by atoms with Crippen molar-refractivity contribution >= 4 is 30.2 Å². The first-order chi connectivity index (χ1) is 15.2. The van der Waals surface area contributed by atoms with Gasteiger partial charge in [-0.1, -0.05) is 75.7 Å². The Morgan fingerprint density at radius 1 is 1.06 bits per heavy atom. The second-order valence-electron chi connectivity index (χ2n) is 8.87.